The summed E-state index contributed by atoms with van der Waals surface area (Å²) in [5, 5.41) is 9.15. The van der Waals surface area contributed by atoms with Crippen molar-refractivity contribution in [2.75, 3.05) is 6.61 Å². The van der Waals surface area contributed by atoms with Gasteiger partial charge >= 0.3 is 0 Å². The molecule has 0 heterocycles. The van der Waals surface area contributed by atoms with E-state index in [4.69, 9.17) is 21.4 Å². The molecule has 0 amide bonds. The molecule has 0 aliphatic rings. The standard InChI is InChI=1S/C17H14ClFO2/c18-15-7-8-17(19)14(11-15)12-21-16-6-3-5-13(10-16)4-1-2-9-20/h3,5-8,10-11,20H,2,9,12H2. The summed E-state index contributed by atoms with van der Waals surface area (Å²) in [5.74, 6) is 6.01. The number of benzene rings is 2. The van der Waals surface area contributed by atoms with Crippen molar-refractivity contribution in [3.05, 3.63) is 64.4 Å². The van der Waals surface area contributed by atoms with Crippen LogP contribution >= 0.6 is 11.6 Å². The van der Waals surface area contributed by atoms with Crippen LogP contribution in [0.4, 0.5) is 4.39 Å². The molecular weight excluding hydrogens is 291 g/mol. The molecule has 4 heteroatoms. The van der Waals surface area contributed by atoms with Crippen LogP contribution in [0.25, 0.3) is 0 Å². The quantitative estimate of drug-likeness (QED) is 0.871. The maximum absolute atomic E-state index is 13.6. The van der Waals surface area contributed by atoms with E-state index in [1.54, 1.807) is 18.2 Å². The Labute approximate surface area is 128 Å². The van der Waals surface area contributed by atoms with E-state index in [9.17, 15) is 4.39 Å². The predicted octanol–water partition coefficient (Wildman–Crippen LogP) is 3.79. The van der Waals surface area contributed by atoms with Gasteiger partial charge in [0.25, 0.3) is 0 Å². The van der Waals surface area contributed by atoms with Crippen molar-refractivity contribution in [1.29, 1.82) is 0 Å². The maximum Gasteiger partial charge on any atom is 0.129 e. The molecule has 0 bridgehead atoms. The fourth-order valence-corrected chi connectivity index (χ4v) is 1.89. The molecule has 0 saturated heterocycles. The lowest BCUT2D eigenvalue weighted by atomic mass is 10.2. The zero-order chi connectivity index (χ0) is 15.1. The summed E-state index contributed by atoms with van der Waals surface area (Å²) in [4.78, 5) is 0. The van der Waals surface area contributed by atoms with Crippen LogP contribution < -0.4 is 4.74 Å². The van der Waals surface area contributed by atoms with E-state index in [2.05, 4.69) is 11.8 Å². The van der Waals surface area contributed by atoms with Crippen molar-refractivity contribution in [2.24, 2.45) is 0 Å². The largest absolute Gasteiger partial charge is 0.489 e. The molecule has 0 unspecified atom stereocenters. The molecule has 0 aliphatic heterocycles. The van der Waals surface area contributed by atoms with Gasteiger partial charge in [-0.3, -0.25) is 0 Å². The molecular formula is C17H14ClFO2. The van der Waals surface area contributed by atoms with Gasteiger partial charge in [0.2, 0.25) is 0 Å². The van der Waals surface area contributed by atoms with Gasteiger partial charge in [-0.2, -0.15) is 0 Å². The van der Waals surface area contributed by atoms with Gasteiger partial charge in [0.1, 0.15) is 18.2 Å². The highest BCUT2D eigenvalue weighted by molar-refractivity contribution is 6.30. The zero-order valence-corrected chi connectivity index (χ0v) is 12.0. The number of hydrogen-bond donors (Lipinski definition) is 1. The van der Waals surface area contributed by atoms with Gasteiger partial charge in [-0.05, 0) is 36.4 Å². The third kappa shape index (κ3) is 4.78. The Balaban J connectivity index is 2.05. The van der Waals surface area contributed by atoms with Crippen molar-refractivity contribution in [1.82, 2.24) is 0 Å². The lowest BCUT2D eigenvalue weighted by molar-refractivity contribution is 0.300. The van der Waals surface area contributed by atoms with Gasteiger partial charge < -0.3 is 9.84 Å². The van der Waals surface area contributed by atoms with Crippen molar-refractivity contribution in [2.45, 2.75) is 13.0 Å². The molecule has 1 N–H and O–H groups in total. The Kier molecular flexibility index (Phi) is 5.62. The number of ether oxygens (including phenoxy) is 1. The van der Waals surface area contributed by atoms with Crippen molar-refractivity contribution in [3.63, 3.8) is 0 Å². The van der Waals surface area contributed by atoms with Gasteiger partial charge in [0.05, 0.1) is 6.61 Å². The van der Waals surface area contributed by atoms with E-state index >= 15 is 0 Å². The second-order valence-electron chi connectivity index (χ2n) is 4.33. The van der Waals surface area contributed by atoms with Gasteiger partial charge in [-0.25, -0.2) is 4.39 Å². The number of rotatable bonds is 4. The number of aliphatic hydroxyl groups is 1. The van der Waals surface area contributed by atoms with Crippen molar-refractivity contribution < 1.29 is 14.2 Å². The summed E-state index contributed by atoms with van der Waals surface area (Å²) in [6.07, 6.45) is 0.429. The van der Waals surface area contributed by atoms with Crippen LogP contribution in [0.1, 0.15) is 17.5 Å². The average molecular weight is 305 g/mol. The first kappa shape index (κ1) is 15.4. The van der Waals surface area contributed by atoms with E-state index in [1.807, 2.05) is 12.1 Å². The van der Waals surface area contributed by atoms with Gasteiger partial charge in [-0.1, -0.05) is 29.5 Å². The zero-order valence-electron chi connectivity index (χ0n) is 11.3. The van der Waals surface area contributed by atoms with Gasteiger partial charge in [0.15, 0.2) is 0 Å². The molecule has 108 valence electrons. The Hall–Kier alpha value is -2.02. The lowest BCUT2D eigenvalue weighted by Gasteiger charge is -2.08. The molecule has 2 aromatic carbocycles. The molecule has 0 radical (unpaired) electrons. The summed E-state index contributed by atoms with van der Waals surface area (Å²) in [6.45, 7) is 0.136. The lowest BCUT2D eigenvalue weighted by Crippen LogP contribution is -1.98. The van der Waals surface area contributed by atoms with E-state index in [0.717, 1.165) is 5.56 Å². The first-order valence-corrected chi connectivity index (χ1v) is 6.83. The molecule has 0 saturated carbocycles. The molecule has 0 aliphatic carbocycles. The first-order chi connectivity index (χ1) is 10.2. The minimum atomic E-state index is -0.349. The minimum absolute atomic E-state index is 0.0389. The predicted molar refractivity (Wildman–Crippen MR) is 80.8 cm³/mol. The van der Waals surface area contributed by atoms with E-state index in [-0.39, 0.29) is 19.0 Å². The van der Waals surface area contributed by atoms with Crippen LogP contribution in [0, 0.1) is 17.7 Å². The Morgan fingerprint density at radius 3 is 2.86 bits per heavy atom. The summed E-state index contributed by atoms with van der Waals surface area (Å²) >= 11 is 5.83. The van der Waals surface area contributed by atoms with Crippen molar-refractivity contribution >= 4 is 11.6 Å². The fraction of sp³-hybridized carbons (Fsp3) is 0.176. The molecule has 21 heavy (non-hydrogen) atoms. The highest BCUT2D eigenvalue weighted by Crippen LogP contribution is 2.18. The van der Waals surface area contributed by atoms with Crippen LogP contribution in [0.15, 0.2) is 42.5 Å². The van der Waals surface area contributed by atoms with Gasteiger partial charge in [-0.15, -0.1) is 0 Å². The topological polar surface area (TPSA) is 29.5 Å². The fourth-order valence-electron chi connectivity index (χ4n) is 1.70. The smallest absolute Gasteiger partial charge is 0.129 e. The second-order valence-corrected chi connectivity index (χ2v) is 4.76. The van der Waals surface area contributed by atoms with E-state index in [1.165, 1.54) is 12.1 Å². The first-order valence-electron chi connectivity index (χ1n) is 6.45. The third-order valence-electron chi connectivity index (χ3n) is 2.71. The highest BCUT2D eigenvalue weighted by atomic mass is 35.5. The molecule has 0 spiro atoms. The Morgan fingerprint density at radius 1 is 1.19 bits per heavy atom. The summed E-state index contributed by atoms with van der Waals surface area (Å²) in [6, 6.07) is 11.6. The van der Waals surface area contributed by atoms with Crippen LogP contribution in [-0.2, 0) is 6.61 Å². The number of halogens is 2. The summed E-state index contributed by atoms with van der Waals surface area (Å²) < 4.78 is 19.1. The highest BCUT2D eigenvalue weighted by Gasteiger charge is 2.04. The van der Waals surface area contributed by atoms with Crippen molar-refractivity contribution in [3.8, 4) is 17.6 Å². The molecule has 2 nitrogen and oxygen atoms in total. The second kappa shape index (κ2) is 7.68. The Morgan fingerprint density at radius 2 is 2.05 bits per heavy atom. The summed E-state index contributed by atoms with van der Waals surface area (Å²) in [7, 11) is 0. The molecule has 0 atom stereocenters. The monoisotopic (exact) mass is 304 g/mol. The van der Waals surface area contributed by atoms with Crippen LogP contribution in [-0.4, -0.2) is 11.7 Å². The molecule has 0 fully saturated rings. The summed E-state index contributed by atoms with van der Waals surface area (Å²) in [5.41, 5.74) is 1.19. The van der Waals surface area contributed by atoms with Crippen LogP contribution in [0.2, 0.25) is 5.02 Å². The molecule has 2 aromatic rings. The maximum atomic E-state index is 13.6. The normalized spacial score (nSPS) is 9.86. The average Bonchev–Trinajstić information content (AvgIpc) is 2.49. The number of aliphatic hydroxyl groups excluding tert-OH is 1. The molecule has 0 aromatic heterocycles. The third-order valence-corrected chi connectivity index (χ3v) is 2.94. The van der Waals surface area contributed by atoms with Crippen LogP contribution in [0.5, 0.6) is 5.75 Å². The van der Waals surface area contributed by atoms with E-state index < -0.39 is 0 Å². The SMILES string of the molecule is OCCC#Cc1cccc(OCc2cc(Cl)ccc2F)c1. The number of hydrogen-bond acceptors (Lipinski definition) is 2. The van der Waals surface area contributed by atoms with Crippen LogP contribution in [0.3, 0.4) is 0 Å². The minimum Gasteiger partial charge on any atom is -0.489 e. The molecule has 2 rings (SSSR count). The van der Waals surface area contributed by atoms with Gasteiger partial charge in [0, 0.05) is 22.6 Å². The Bertz CT molecular complexity index is 674. The van der Waals surface area contributed by atoms with E-state index in [0.29, 0.717) is 22.8 Å².